The number of piperidine rings is 1. The van der Waals surface area contributed by atoms with E-state index in [0.29, 0.717) is 0 Å². The Labute approximate surface area is 125 Å². The van der Waals surface area contributed by atoms with E-state index < -0.39 is 0 Å². The van der Waals surface area contributed by atoms with E-state index in [0.717, 1.165) is 24.7 Å². The molecule has 3 aliphatic rings. The van der Waals surface area contributed by atoms with Gasteiger partial charge in [0, 0.05) is 24.0 Å². The van der Waals surface area contributed by atoms with Crippen LogP contribution in [0.5, 0.6) is 0 Å². The maximum atomic E-state index is 6.25. The minimum Gasteiger partial charge on any atom is -0.348 e. The molecular formula is C16H25N3S. The Kier molecular flexibility index (Phi) is 3.47. The van der Waals surface area contributed by atoms with Gasteiger partial charge in [-0.15, -0.1) is 0 Å². The van der Waals surface area contributed by atoms with E-state index in [1.807, 2.05) is 11.3 Å². The third-order valence-electron chi connectivity index (χ3n) is 5.54. The molecule has 0 amide bonds. The zero-order chi connectivity index (χ0) is 13.5. The van der Waals surface area contributed by atoms with E-state index >= 15 is 0 Å². The average Bonchev–Trinajstić information content (AvgIpc) is 2.92. The van der Waals surface area contributed by atoms with Crippen LogP contribution in [0.3, 0.4) is 0 Å². The van der Waals surface area contributed by atoms with Crippen LogP contribution < -0.4 is 10.6 Å². The SMILES string of the molecule is NC1CCCc2nc(N3CCC4CCCCC4C3)sc21. The minimum absolute atomic E-state index is 0.247. The Morgan fingerprint density at radius 1 is 1.05 bits per heavy atom. The molecular weight excluding hydrogens is 266 g/mol. The van der Waals surface area contributed by atoms with Crippen LogP contribution in [-0.4, -0.2) is 18.1 Å². The molecule has 0 radical (unpaired) electrons. The first-order valence-corrected chi connectivity index (χ1v) is 9.13. The summed E-state index contributed by atoms with van der Waals surface area (Å²) in [5.74, 6) is 1.92. The molecule has 4 rings (SSSR count). The third-order valence-corrected chi connectivity index (χ3v) is 6.83. The second kappa shape index (κ2) is 5.30. The highest BCUT2D eigenvalue weighted by molar-refractivity contribution is 7.15. The number of hydrogen-bond donors (Lipinski definition) is 1. The van der Waals surface area contributed by atoms with Crippen molar-refractivity contribution in [2.45, 2.75) is 57.4 Å². The molecule has 1 aromatic rings. The van der Waals surface area contributed by atoms with Gasteiger partial charge >= 0.3 is 0 Å². The number of hydrogen-bond acceptors (Lipinski definition) is 4. The van der Waals surface area contributed by atoms with Crippen LogP contribution in [-0.2, 0) is 6.42 Å². The van der Waals surface area contributed by atoms with Crippen LogP contribution in [0.2, 0.25) is 0 Å². The van der Waals surface area contributed by atoms with Gasteiger partial charge < -0.3 is 10.6 Å². The van der Waals surface area contributed by atoms with Crippen molar-refractivity contribution in [2.75, 3.05) is 18.0 Å². The van der Waals surface area contributed by atoms with Gasteiger partial charge in [-0.3, -0.25) is 0 Å². The van der Waals surface area contributed by atoms with Crippen molar-refractivity contribution in [3.8, 4) is 0 Å². The monoisotopic (exact) mass is 291 g/mol. The van der Waals surface area contributed by atoms with Gasteiger partial charge in [0.25, 0.3) is 0 Å². The first-order valence-electron chi connectivity index (χ1n) is 8.31. The van der Waals surface area contributed by atoms with E-state index in [-0.39, 0.29) is 6.04 Å². The zero-order valence-electron chi connectivity index (χ0n) is 12.2. The summed E-state index contributed by atoms with van der Waals surface area (Å²) in [5, 5.41) is 1.26. The van der Waals surface area contributed by atoms with Crippen LogP contribution in [0.25, 0.3) is 0 Å². The summed E-state index contributed by atoms with van der Waals surface area (Å²) in [4.78, 5) is 8.86. The number of rotatable bonds is 1. The first-order chi connectivity index (χ1) is 9.81. The van der Waals surface area contributed by atoms with Crippen molar-refractivity contribution in [3.05, 3.63) is 10.6 Å². The third kappa shape index (κ3) is 2.27. The lowest BCUT2D eigenvalue weighted by atomic mass is 9.75. The molecule has 20 heavy (non-hydrogen) atoms. The van der Waals surface area contributed by atoms with E-state index in [9.17, 15) is 0 Å². The fraction of sp³-hybridized carbons (Fsp3) is 0.812. The summed E-state index contributed by atoms with van der Waals surface area (Å²) < 4.78 is 0. The van der Waals surface area contributed by atoms with Gasteiger partial charge in [-0.2, -0.15) is 0 Å². The zero-order valence-corrected chi connectivity index (χ0v) is 13.0. The standard InChI is InChI=1S/C16H25N3S/c17-13-6-3-7-14-15(13)20-16(18-14)19-9-8-11-4-1-2-5-12(11)10-19/h11-13H,1-10,17H2. The maximum absolute atomic E-state index is 6.25. The molecule has 2 aliphatic carbocycles. The Morgan fingerprint density at radius 3 is 2.75 bits per heavy atom. The van der Waals surface area contributed by atoms with E-state index in [4.69, 9.17) is 10.7 Å². The van der Waals surface area contributed by atoms with E-state index in [1.54, 1.807) is 0 Å². The molecule has 4 heteroatoms. The van der Waals surface area contributed by atoms with E-state index in [1.165, 1.54) is 67.3 Å². The second-order valence-corrected chi connectivity index (χ2v) is 7.85. The molecule has 2 heterocycles. The molecule has 1 aliphatic heterocycles. The summed E-state index contributed by atoms with van der Waals surface area (Å²) in [6.45, 7) is 2.45. The summed E-state index contributed by atoms with van der Waals surface area (Å²) in [6, 6.07) is 0.247. The van der Waals surface area contributed by atoms with Crippen LogP contribution >= 0.6 is 11.3 Å². The summed E-state index contributed by atoms with van der Waals surface area (Å²) >= 11 is 1.88. The highest BCUT2D eigenvalue weighted by Crippen LogP contribution is 2.41. The van der Waals surface area contributed by atoms with Gasteiger partial charge in [0.2, 0.25) is 0 Å². The highest BCUT2D eigenvalue weighted by atomic mass is 32.1. The normalized spacial score (nSPS) is 33.6. The molecule has 3 unspecified atom stereocenters. The predicted molar refractivity (Wildman–Crippen MR) is 84.3 cm³/mol. The molecule has 0 spiro atoms. The average molecular weight is 291 g/mol. The van der Waals surface area contributed by atoms with Gasteiger partial charge in [0.1, 0.15) is 0 Å². The molecule has 1 saturated carbocycles. The Balaban J connectivity index is 1.53. The molecule has 0 aromatic carbocycles. The Morgan fingerprint density at radius 2 is 1.90 bits per heavy atom. The largest absolute Gasteiger partial charge is 0.348 e. The van der Waals surface area contributed by atoms with Gasteiger partial charge in [0.15, 0.2) is 5.13 Å². The van der Waals surface area contributed by atoms with Crippen molar-refractivity contribution in [2.24, 2.45) is 17.6 Å². The van der Waals surface area contributed by atoms with Crippen molar-refractivity contribution in [1.82, 2.24) is 4.98 Å². The summed E-state index contributed by atoms with van der Waals surface area (Å²) in [7, 11) is 0. The van der Waals surface area contributed by atoms with E-state index in [2.05, 4.69) is 4.90 Å². The molecule has 3 nitrogen and oxygen atoms in total. The van der Waals surface area contributed by atoms with Gasteiger partial charge in [0.05, 0.1) is 5.69 Å². The highest BCUT2D eigenvalue weighted by Gasteiger charge is 2.33. The van der Waals surface area contributed by atoms with Crippen LogP contribution in [0, 0.1) is 11.8 Å². The smallest absolute Gasteiger partial charge is 0.185 e. The van der Waals surface area contributed by atoms with Gasteiger partial charge in [-0.05, 0) is 43.9 Å². The number of nitrogens with zero attached hydrogens (tertiary/aromatic N) is 2. The molecule has 110 valence electrons. The lowest BCUT2D eigenvalue weighted by Crippen LogP contribution is -2.41. The van der Waals surface area contributed by atoms with Crippen molar-refractivity contribution < 1.29 is 0 Å². The van der Waals surface area contributed by atoms with Crippen LogP contribution in [0.15, 0.2) is 0 Å². The number of fused-ring (bicyclic) bond motifs is 2. The molecule has 1 saturated heterocycles. The predicted octanol–water partition coefficient (Wildman–Crippen LogP) is 3.50. The second-order valence-electron chi connectivity index (χ2n) is 6.85. The van der Waals surface area contributed by atoms with Crippen molar-refractivity contribution >= 4 is 16.5 Å². The Hall–Kier alpha value is -0.610. The number of aryl methyl sites for hydroxylation is 1. The van der Waals surface area contributed by atoms with Crippen LogP contribution in [0.1, 0.15) is 61.6 Å². The Bertz CT molecular complexity index is 484. The van der Waals surface area contributed by atoms with Crippen LogP contribution in [0.4, 0.5) is 5.13 Å². The lowest BCUT2D eigenvalue weighted by Gasteiger charge is -2.41. The minimum atomic E-state index is 0.247. The number of aromatic nitrogens is 1. The summed E-state index contributed by atoms with van der Waals surface area (Å²) in [5.41, 5.74) is 7.55. The fourth-order valence-electron chi connectivity index (χ4n) is 4.35. The molecule has 2 fully saturated rings. The van der Waals surface area contributed by atoms with Gasteiger partial charge in [-0.1, -0.05) is 30.6 Å². The topological polar surface area (TPSA) is 42.1 Å². The molecule has 1 aromatic heterocycles. The number of thiazole rings is 1. The molecule has 3 atom stereocenters. The quantitative estimate of drug-likeness (QED) is 0.861. The van der Waals surface area contributed by atoms with Crippen molar-refractivity contribution in [3.63, 3.8) is 0 Å². The van der Waals surface area contributed by atoms with Crippen molar-refractivity contribution in [1.29, 1.82) is 0 Å². The number of anilines is 1. The molecule has 0 bridgehead atoms. The first kappa shape index (κ1) is 13.1. The number of nitrogens with two attached hydrogens (primary N) is 1. The molecule has 2 N–H and O–H groups in total. The fourth-order valence-corrected chi connectivity index (χ4v) is 5.53. The maximum Gasteiger partial charge on any atom is 0.185 e. The lowest BCUT2D eigenvalue weighted by molar-refractivity contribution is 0.202. The summed E-state index contributed by atoms with van der Waals surface area (Å²) in [6.07, 6.45) is 10.7. The van der Waals surface area contributed by atoms with Gasteiger partial charge in [-0.25, -0.2) is 4.98 Å².